The summed E-state index contributed by atoms with van der Waals surface area (Å²) in [5.41, 5.74) is 13.7. The molecule has 0 bridgehead atoms. The number of para-hydroxylation sites is 2. The predicted molar refractivity (Wildman–Crippen MR) is 276 cm³/mol. The van der Waals surface area contributed by atoms with Crippen molar-refractivity contribution in [2.45, 2.75) is 0 Å². The van der Waals surface area contributed by atoms with Crippen LogP contribution in [0.3, 0.4) is 0 Å². The zero-order chi connectivity index (χ0) is 43.5. The van der Waals surface area contributed by atoms with Crippen molar-refractivity contribution in [2.75, 3.05) is 0 Å². The summed E-state index contributed by atoms with van der Waals surface area (Å²) in [6, 6.07) is 55.7. The molecule has 14 radical (unpaired) electrons. The van der Waals surface area contributed by atoms with Gasteiger partial charge in [0, 0.05) is 43.7 Å². The quantitative estimate of drug-likeness (QED) is 0.187. The maximum Gasteiger partial charge on any atom is 0.159 e. The standard InChI is InChI=1S/C54H27B7N2O/c55-45-41(46(56)50(60)52-43(45)44-47(57)48(58)49(59)51(61)53(44)62(52)32-17-9-16-30(26-32)28-12-3-1-4-13-28)31-24-25-37-36(27-31)42-33(29-14-5-2-6-15-29)19-10-21-38(42)63(37)39-22-11-20-35-34-18-7-8-23-40(34)64-54(35)39/h1-27H. The van der Waals surface area contributed by atoms with Gasteiger partial charge in [-0.25, -0.2) is 0 Å². The third kappa shape index (κ3) is 5.45. The van der Waals surface area contributed by atoms with Gasteiger partial charge in [-0.3, -0.25) is 0 Å². The lowest BCUT2D eigenvalue weighted by Gasteiger charge is -2.19. The Morgan fingerprint density at radius 3 is 1.77 bits per heavy atom. The predicted octanol–water partition coefficient (Wildman–Crippen LogP) is 6.34. The molecule has 0 aliphatic rings. The fourth-order valence-electron chi connectivity index (χ4n) is 9.97. The van der Waals surface area contributed by atoms with Crippen molar-refractivity contribution in [3.63, 3.8) is 0 Å². The molecule has 0 unspecified atom stereocenters. The van der Waals surface area contributed by atoms with Gasteiger partial charge in [0.05, 0.1) is 16.7 Å². The monoisotopic (exact) mass is 796 g/mol. The highest BCUT2D eigenvalue weighted by molar-refractivity contribution is 6.69. The van der Waals surface area contributed by atoms with Crippen molar-refractivity contribution >= 4 is 159 Å². The smallest absolute Gasteiger partial charge is 0.159 e. The van der Waals surface area contributed by atoms with Crippen LogP contribution in [-0.4, -0.2) is 64.1 Å². The molecule has 0 N–H and O–H groups in total. The first-order chi connectivity index (χ1) is 31.2. The first kappa shape index (κ1) is 38.5. The molecule has 9 aromatic carbocycles. The lowest BCUT2D eigenvalue weighted by atomic mass is 9.64. The Labute approximate surface area is 379 Å². The maximum absolute atomic E-state index is 7.44. The number of rotatable bonds is 5. The third-order valence-corrected chi connectivity index (χ3v) is 12.9. The number of fused-ring (bicyclic) bond motifs is 9. The van der Waals surface area contributed by atoms with Crippen molar-refractivity contribution in [1.82, 2.24) is 9.13 Å². The highest BCUT2D eigenvalue weighted by atomic mass is 16.3. The molecule has 0 amide bonds. The van der Waals surface area contributed by atoms with Gasteiger partial charge < -0.3 is 13.6 Å². The molecule has 3 aromatic heterocycles. The number of hydrogen-bond donors (Lipinski definition) is 0. The summed E-state index contributed by atoms with van der Waals surface area (Å²) in [6.45, 7) is 0. The van der Waals surface area contributed by atoms with Crippen LogP contribution in [0.15, 0.2) is 168 Å². The van der Waals surface area contributed by atoms with Gasteiger partial charge in [0.25, 0.3) is 0 Å². The molecule has 12 rings (SSSR count). The second-order valence-electron chi connectivity index (χ2n) is 16.4. The first-order valence-corrected chi connectivity index (χ1v) is 21.0. The summed E-state index contributed by atoms with van der Waals surface area (Å²) in [5, 5.41) is 5.25. The fourth-order valence-corrected chi connectivity index (χ4v) is 9.97. The van der Waals surface area contributed by atoms with E-state index < -0.39 is 0 Å². The van der Waals surface area contributed by atoms with E-state index in [0.29, 0.717) is 43.8 Å². The molecule has 0 saturated carbocycles. The van der Waals surface area contributed by atoms with E-state index >= 15 is 0 Å². The highest BCUT2D eigenvalue weighted by Crippen LogP contribution is 2.43. The van der Waals surface area contributed by atoms with Crippen LogP contribution in [0.2, 0.25) is 0 Å². The Hall–Kier alpha value is -7.17. The summed E-state index contributed by atoms with van der Waals surface area (Å²) in [4.78, 5) is 0. The van der Waals surface area contributed by atoms with Crippen molar-refractivity contribution in [3.8, 4) is 44.8 Å². The molecule has 0 spiro atoms. The van der Waals surface area contributed by atoms with E-state index in [0.717, 1.165) is 82.9 Å². The van der Waals surface area contributed by atoms with Crippen LogP contribution in [0, 0.1) is 0 Å². The van der Waals surface area contributed by atoms with Crippen molar-refractivity contribution < 1.29 is 4.42 Å². The minimum absolute atomic E-state index is 0.167. The van der Waals surface area contributed by atoms with Crippen molar-refractivity contribution in [2.24, 2.45) is 0 Å². The maximum atomic E-state index is 7.44. The molecule has 0 aliphatic carbocycles. The summed E-state index contributed by atoms with van der Waals surface area (Å²) in [6.07, 6.45) is 0. The minimum Gasteiger partial charge on any atom is -0.454 e. The van der Waals surface area contributed by atoms with Gasteiger partial charge in [0.15, 0.2) is 5.58 Å². The van der Waals surface area contributed by atoms with Crippen molar-refractivity contribution in [1.29, 1.82) is 0 Å². The molecule has 280 valence electrons. The zero-order valence-corrected chi connectivity index (χ0v) is 34.4. The molecule has 0 fully saturated rings. The van der Waals surface area contributed by atoms with E-state index in [9.17, 15) is 0 Å². The van der Waals surface area contributed by atoms with Gasteiger partial charge in [-0.05, 0) is 81.2 Å². The Bertz CT molecular complexity index is 3930. The average molecular weight is 796 g/mol. The summed E-state index contributed by atoms with van der Waals surface area (Å²) in [5.74, 6) is 0. The Morgan fingerprint density at radius 1 is 0.359 bits per heavy atom. The summed E-state index contributed by atoms with van der Waals surface area (Å²) < 4.78 is 10.9. The summed E-state index contributed by atoms with van der Waals surface area (Å²) in [7, 11) is 48.9. The van der Waals surface area contributed by atoms with Gasteiger partial charge >= 0.3 is 0 Å². The van der Waals surface area contributed by atoms with E-state index in [2.05, 4.69) is 108 Å². The minimum atomic E-state index is 0.167. The van der Waals surface area contributed by atoms with E-state index in [1.54, 1.807) is 0 Å². The van der Waals surface area contributed by atoms with Crippen LogP contribution in [0.25, 0.3) is 110 Å². The van der Waals surface area contributed by atoms with Gasteiger partial charge in [0.2, 0.25) is 0 Å². The highest BCUT2D eigenvalue weighted by Gasteiger charge is 2.26. The lowest BCUT2D eigenvalue weighted by Crippen LogP contribution is -2.48. The SMILES string of the molecule is [B]c1c([B])c([B])c2c(c1[B])c1c([B])c(-c3ccc4c(c3)c3c(-c5ccccc5)cccc3n4-c3cccc4c3oc3ccccc34)c([B])c([B])c1n2-c1cccc(-c2ccccc2)c1. The number of nitrogens with zero attached hydrogens (tertiary/aromatic N) is 2. The molecule has 3 nitrogen and oxygen atoms in total. The Kier molecular flexibility index (Phi) is 8.69. The number of hydrogen-bond acceptors (Lipinski definition) is 1. The van der Waals surface area contributed by atoms with Crippen LogP contribution in [0.4, 0.5) is 0 Å². The lowest BCUT2D eigenvalue weighted by molar-refractivity contribution is 0.666. The number of aromatic nitrogens is 2. The average Bonchev–Trinajstić information content (AvgIpc) is 4.01. The molecular weight excluding hydrogens is 768 g/mol. The normalized spacial score (nSPS) is 11.9. The van der Waals surface area contributed by atoms with Crippen LogP contribution in [0.5, 0.6) is 0 Å². The van der Waals surface area contributed by atoms with E-state index in [4.69, 9.17) is 59.3 Å². The van der Waals surface area contributed by atoms with Crippen LogP contribution < -0.4 is 38.2 Å². The van der Waals surface area contributed by atoms with Crippen LogP contribution in [-0.2, 0) is 0 Å². The van der Waals surface area contributed by atoms with Gasteiger partial charge in [-0.2, -0.15) is 0 Å². The molecule has 0 saturated heterocycles. The first-order valence-electron chi connectivity index (χ1n) is 21.0. The van der Waals surface area contributed by atoms with Gasteiger partial charge in [-0.15, -0.1) is 10.9 Å². The molecule has 12 aromatic rings. The Balaban J connectivity index is 1.17. The molecule has 3 heterocycles. The van der Waals surface area contributed by atoms with Gasteiger partial charge in [-0.1, -0.05) is 149 Å². The number of benzene rings is 9. The fraction of sp³-hybridized carbons (Fsp3) is 0. The Morgan fingerprint density at radius 2 is 0.984 bits per heavy atom. The van der Waals surface area contributed by atoms with Crippen LogP contribution in [0.1, 0.15) is 0 Å². The number of furan rings is 1. The second kappa shape index (κ2) is 14.4. The largest absolute Gasteiger partial charge is 0.454 e. The second-order valence-corrected chi connectivity index (χ2v) is 16.4. The molecule has 0 aliphatic heterocycles. The van der Waals surface area contributed by atoms with Crippen LogP contribution >= 0.6 is 0 Å². The van der Waals surface area contributed by atoms with E-state index in [1.807, 2.05) is 65.2 Å². The topological polar surface area (TPSA) is 23.0 Å². The summed E-state index contributed by atoms with van der Waals surface area (Å²) >= 11 is 0. The van der Waals surface area contributed by atoms with Gasteiger partial charge in [0.1, 0.15) is 60.5 Å². The molecular formula is C54H27B7N2O. The zero-order valence-electron chi connectivity index (χ0n) is 34.4. The molecule has 64 heavy (non-hydrogen) atoms. The molecule has 10 heteroatoms. The van der Waals surface area contributed by atoms with E-state index in [-0.39, 0.29) is 21.9 Å². The third-order valence-electron chi connectivity index (χ3n) is 12.9. The van der Waals surface area contributed by atoms with E-state index in [1.165, 1.54) is 0 Å². The molecule has 0 atom stereocenters. The van der Waals surface area contributed by atoms with Crippen molar-refractivity contribution in [3.05, 3.63) is 164 Å².